The van der Waals surface area contributed by atoms with Crippen LogP contribution in [0.15, 0.2) is 59.7 Å². The predicted octanol–water partition coefficient (Wildman–Crippen LogP) is 3.53. The number of piperidine rings is 1. The van der Waals surface area contributed by atoms with Crippen molar-refractivity contribution < 1.29 is 18.0 Å². The minimum atomic E-state index is -4.48. The van der Waals surface area contributed by atoms with Crippen molar-refractivity contribution in [3.05, 3.63) is 82.0 Å². The molecule has 170 valence electrons. The zero-order chi connectivity index (χ0) is 23.2. The van der Waals surface area contributed by atoms with Gasteiger partial charge in [0.1, 0.15) is 5.69 Å². The second-order valence-corrected chi connectivity index (χ2v) is 8.37. The van der Waals surface area contributed by atoms with Crippen LogP contribution in [0.2, 0.25) is 0 Å². The zero-order valence-electron chi connectivity index (χ0n) is 17.4. The molecule has 5 rings (SSSR count). The molecule has 1 aromatic carbocycles. The molecule has 7 nitrogen and oxygen atoms in total. The Morgan fingerprint density at radius 2 is 1.73 bits per heavy atom. The summed E-state index contributed by atoms with van der Waals surface area (Å²) in [5, 5.41) is 2.55. The number of aromatic nitrogens is 3. The maximum atomic E-state index is 13.1. The first kappa shape index (κ1) is 21.2. The quantitative estimate of drug-likeness (QED) is 0.654. The molecule has 0 saturated carbocycles. The number of alkyl halides is 3. The Morgan fingerprint density at radius 1 is 1.00 bits per heavy atom. The molecule has 2 aliphatic rings. The summed E-state index contributed by atoms with van der Waals surface area (Å²) in [5.74, 6) is 0.403. The molecule has 0 radical (unpaired) electrons. The average Bonchev–Trinajstić information content (AvgIpc) is 2.81. The number of nitrogens with one attached hydrogen (secondary N) is 1. The number of benzene rings is 1. The average molecular weight is 455 g/mol. The van der Waals surface area contributed by atoms with Crippen molar-refractivity contribution in [3.63, 3.8) is 0 Å². The number of carbonyl (C=O) groups is 1. The van der Waals surface area contributed by atoms with E-state index in [2.05, 4.69) is 20.2 Å². The minimum Gasteiger partial charge on any atom is -0.340 e. The van der Waals surface area contributed by atoms with Crippen LogP contribution in [0, 0.1) is 5.92 Å². The molecule has 0 spiro atoms. The molecule has 1 saturated heterocycles. The molecule has 4 heterocycles. The Balaban J connectivity index is 1.36. The normalized spacial score (nSPS) is 19.7. The Hall–Kier alpha value is -3.69. The van der Waals surface area contributed by atoms with E-state index in [0.717, 1.165) is 42.9 Å². The van der Waals surface area contributed by atoms with E-state index in [1.54, 1.807) is 29.1 Å². The molecule has 33 heavy (non-hydrogen) atoms. The SMILES string of the molecule is O=C(Nc1ccc2n(c1=O)C[C@@H]1C[C@@H]2CN(c2ncccn2)C1)c1ccc(C(F)(F)F)cc1. The molecule has 2 bridgehead atoms. The van der Waals surface area contributed by atoms with Gasteiger partial charge in [-0.05, 0) is 54.8 Å². The highest BCUT2D eigenvalue weighted by atomic mass is 19.4. The fourth-order valence-electron chi connectivity index (χ4n) is 4.66. The van der Waals surface area contributed by atoms with Crippen molar-refractivity contribution >= 4 is 17.5 Å². The lowest BCUT2D eigenvalue weighted by atomic mass is 9.83. The van der Waals surface area contributed by atoms with Gasteiger partial charge < -0.3 is 14.8 Å². The van der Waals surface area contributed by atoms with Gasteiger partial charge >= 0.3 is 6.18 Å². The monoisotopic (exact) mass is 455 g/mol. The summed E-state index contributed by atoms with van der Waals surface area (Å²) in [6, 6.07) is 9.05. The lowest BCUT2D eigenvalue weighted by Gasteiger charge is -2.42. The Labute approximate surface area is 186 Å². The van der Waals surface area contributed by atoms with Crippen molar-refractivity contribution in [1.29, 1.82) is 0 Å². The van der Waals surface area contributed by atoms with Crippen LogP contribution < -0.4 is 15.8 Å². The molecule has 10 heteroatoms. The molecule has 2 aliphatic heterocycles. The largest absolute Gasteiger partial charge is 0.416 e. The van der Waals surface area contributed by atoms with Crippen LogP contribution in [0.25, 0.3) is 0 Å². The van der Waals surface area contributed by atoms with Crippen LogP contribution >= 0.6 is 0 Å². The van der Waals surface area contributed by atoms with Gasteiger partial charge in [-0.1, -0.05) is 0 Å². The van der Waals surface area contributed by atoms with Gasteiger partial charge in [0.25, 0.3) is 11.5 Å². The van der Waals surface area contributed by atoms with Crippen LogP contribution in [0.3, 0.4) is 0 Å². The highest BCUT2D eigenvalue weighted by molar-refractivity contribution is 6.04. The van der Waals surface area contributed by atoms with Gasteiger partial charge in [0.05, 0.1) is 5.56 Å². The number of carbonyl (C=O) groups excluding carboxylic acids is 1. The van der Waals surface area contributed by atoms with Crippen molar-refractivity contribution in [2.24, 2.45) is 5.92 Å². The van der Waals surface area contributed by atoms with Crippen molar-refractivity contribution in [2.45, 2.75) is 25.1 Å². The summed E-state index contributed by atoms with van der Waals surface area (Å²) in [6.07, 6.45) is -0.111. The fraction of sp³-hybridized carbons (Fsp3) is 0.304. The number of fused-ring (bicyclic) bond motifs is 4. The number of hydrogen-bond donors (Lipinski definition) is 1. The zero-order valence-corrected chi connectivity index (χ0v) is 17.4. The molecular formula is C23H20F3N5O2. The first-order valence-corrected chi connectivity index (χ1v) is 10.5. The number of anilines is 2. The highest BCUT2D eigenvalue weighted by Gasteiger charge is 2.36. The summed E-state index contributed by atoms with van der Waals surface area (Å²) in [4.78, 5) is 36.4. The van der Waals surface area contributed by atoms with Crippen LogP contribution in [0.5, 0.6) is 0 Å². The van der Waals surface area contributed by atoms with E-state index < -0.39 is 17.6 Å². The summed E-state index contributed by atoms with van der Waals surface area (Å²) in [6.45, 7) is 1.93. The number of hydrogen-bond acceptors (Lipinski definition) is 5. The first-order valence-electron chi connectivity index (χ1n) is 10.5. The van der Waals surface area contributed by atoms with E-state index in [1.807, 2.05) is 6.07 Å². The third-order valence-corrected chi connectivity index (χ3v) is 6.16. The lowest BCUT2D eigenvalue weighted by molar-refractivity contribution is -0.137. The second-order valence-electron chi connectivity index (χ2n) is 8.37. The molecule has 2 atom stereocenters. The number of rotatable bonds is 3. The van der Waals surface area contributed by atoms with Gasteiger partial charge in [0.15, 0.2) is 0 Å². The number of halogens is 3. The third kappa shape index (κ3) is 4.08. The molecule has 1 fully saturated rings. The maximum absolute atomic E-state index is 13.1. The molecular weight excluding hydrogens is 435 g/mol. The smallest absolute Gasteiger partial charge is 0.340 e. The third-order valence-electron chi connectivity index (χ3n) is 6.16. The fourth-order valence-corrected chi connectivity index (χ4v) is 4.66. The van der Waals surface area contributed by atoms with Gasteiger partial charge in [-0.25, -0.2) is 9.97 Å². The van der Waals surface area contributed by atoms with Crippen LogP contribution in [-0.4, -0.2) is 33.5 Å². The number of amides is 1. The van der Waals surface area contributed by atoms with Crippen LogP contribution in [-0.2, 0) is 12.7 Å². The molecule has 0 unspecified atom stereocenters. The molecule has 1 N–H and O–H groups in total. The van der Waals surface area contributed by atoms with E-state index in [9.17, 15) is 22.8 Å². The minimum absolute atomic E-state index is 0.0421. The number of pyridine rings is 1. The van der Waals surface area contributed by atoms with Gasteiger partial charge in [0, 0.05) is 49.2 Å². The van der Waals surface area contributed by atoms with E-state index in [4.69, 9.17) is 0 Å². The molecule has 1 amide bonds. The molecule has 3 aromatic rings. The Morgan fingerprint density at radius 3 is 2.42 bits per heavy atom. The van der Waals surface area contributed by atoms with Crippen molar-refractivity contribution in [3.8, 4) is 0 Å². The topological polar surface area (TPSA) is 80.1 Å². The van der Waals surface area contributed by atoms with Crippen molar-refractivity contribution in [2.75, 3.05) is 23.3 Å². The lowest BCUT2D eigenvalue weighted by Crippen LogP contribution is -2.48. The standard InChI is InChI=1S/C23H20F3N5O2/c24-23(25,26)17-4-2-15(3-5-17)20(32)29-18-6-7-19-16-10-14(12-31(19)21(18)33)11-30(13-16)22-27-8-1-9-28-22/h1-9,14,16H,10-13H2,(H,29,32)/t14-,16-/m1/s1. The van der Waals surface area contributed by atoms with E-state index >= 15 is 0 Å². The number of nitrogens with zero attached hydrogens (tertiary/aromatic N) is 4. The molecule has 0 aliphatic carbocycles. The van der Waals surface area contributed by atoms with Crippen molar-refractivity contribution in [1.82, 2.24) is 14.5 Å². The van der Waals surface area contributed by atoms with E-state index in [0.29, 0.717) is 19.0 Å². The van der Waals surface area contributed by atoms with Gasteiger partial charge in [-0.3, -0.25) is 9.59 Å². The first-order chi connectivity index (χ1) is 15.8. The second kappa shape index (κ2) is 8.02. The van der Waals surface area contributed by atoms with Crippen LogP contribution in [0.1, 0.15) is 34.0 Å². The summed E-state index contributed by atoms with van der Waals surface area (Å²) in [7, 11) is 0. The summed E-state index contributed by atoms with van der Waals surface area (Å²) in [5.41, 5.74) is -0.113. The van der Waals surface area contributed by atoms with E-state index in [1.165, 1.54) is 0 Å². The van der Waals surface area contributed by atoms with Gasteiger partial charge in [0.2, 0.25) is 5.95 Å². The highest BCUT2D eigenvalue weighted by Crippen LogP contribution is 2.36. The van der Waals surface area contributed by atoms with E-state index in [-0.39, 0.29) is 28.6 Å². The van der Waals surface area contributed by atoms with Crippen LogP contribution in [0.4, 0.5) is 24.8 Å². The predicted molar refractivity (Wildman–Crippen MR) is 115 cm³/mol. The maximum Gasteiger partial charge on any atom is 0.416 e. The van der Waals surface area contributed by atoms with Gasteiger partial charge in [-0.15, -0.1) is 0 Å². The molecule has 2 aromatic heterocycles. The Bertz CT molecular complexity index is 1240. The Kier molecular flexibility index (Phi) is 5.15. The summed E-state index contributed by atoms with van der Waals surface area (Å²) < 4.78 is 39.9. The van der Waals surface area contributed by atoms with Gasteiger partial charge in [-0.2, -0.15) is 13.2 Å². The summed E-state index contributed by atoms with van der Waals surface area (Å²) >= 11 is 0.